The van der Waals surface area contributed by atoms with E-state index in [0.29, 0.717) is 0 Å². The number of hydrogen-bond acceptors (Lipinski definition) is 5. The Kier molecular flexibility index (Phi) is 3.11. The van der Waals surface area contributed by atoms with Crippen LogP contribution in [0, 0.1) is 11.8 Å². The van der Waals surface area contributed by atoms with Crippen LogP contribution in [0.5, 0.6) is 0 Å². The first-order valence-corrected chi connectivity index (χ1v) is 8.42. The van der Waals surface area contributed by atoms with E-state index in [-0.39, 0.29) is 42.1 Å². The van der Waals surface area contributed by atoms with Crippen LogP contribution < -0.4 is 0 Å². The Hall–Kier alpha value is -0.650. The molecule has 1 N–H and O–H groups in total. The van der Waals surface area contributed by atoms with Gasteiger partial charge in [0.15, 0.2) is 0 Å². The van der Waals surface area contributed by atoms with Crippen molar-refractivity contribution < 1.29 is 19.4 Å². The fourth-order valence-corrected chi connectivity index (χ4v) is 5.23. The van der Waals surface area contributed by atoms with Crippen molar-refractivity contribution in [3.63, 3.8) is 0 Å². The Morgan fingerprint density at radius 1 is 1.48 bits per heavy atom. The number of esters is 1. The maximum atomic E-state index is 12.1. The molecule has 21 heavy (non-hydrogen) atoms. The zero-order valence-electron chi connectivity index (χ0n) is 12.8. The minimum absolute atomic E-state index is 0.0990. The first-order valence-electron chi connectivity index (χ1n) is 8.42. The number of ether oxygens (including phenoxy) is 2. The van der Waals surface area contributed by atoms with Crippen LogP contribution in [0.3, 0.4) is 0 Å². The standard InChI is InChI=1S/C16H25NO4/c1-3-11(18)10-5-6-12-14-13-9(2)15(19)21-16(13,20-12)7-4-8-17(10)14/h9-14,18H,3-8H2,1-2H3/t9-,10+,11+,12+,13+,14-,16+/m0/s1. The van der Waals surface area contributed by atoms with Crippen LogP contribution in [0.4, 0.5) is 0 Å². The number of rotatable bonds is 2. The van der Waals surface area contributed by atoms with Gasteiger partial charge in [0.25, 0.3) is 0 Å². The van der Waals surface area contributed by atoms with E-state index in [1.54, 1.807) is 0 Å². The third kappa shape index (κ3) is 1.77. The predicted molar refractivity (Wildman–Crippen MR) is 75.4 cm³/mol. The highest BCUT2D eigenvalue weighted by atomic mass is 16.7. The summed E-state index contributed by atoms with van der Waals surface area (Å²) in [6.45, 7) is 4.99. The van der Waals surface area contributed by atoms with Crippen molar-refractivity contribution in [3.05, 3.63) is 0 Å². The summed E-state index contributed by atoms with van der Waals surface area (Å²) in [7, 11) is 0. The molecule has 5 nitrogen and oxygen atoms in total. The number of carbonyl (C=O) groups is 1. The summed E-state index contributed by atoms with van der Waals surface area (Å²) in [6, 6.07) is 0.436. The van der Waals surface area contributed by atoms with Crippen LogP contribution in [0.2, 0.25) is 0 Å². The Balaban J connectivity index is 1.72. The van der Waals surface area contributed by atoms with Crippen LogP contribution in [0.1, 0.15) is 46.0 Å². The molecule has 4 heterocycles. The molecule has 2 bridgehead atoms. The molecule has 0 amide bonds. The molecule has 118 valence electrons. The van der Waals surface area contributed by atoms with Crippen molar-refractivity contribution in [1.82, 2.24) is 4.90 Å². The number of aliphatic hydroxyl groups excluding tert-OH is 1. The molecule has 4 fully saturated rings. The number of nitrogens with zero attached hydrogens (tertiary/aromatic N) is 1. The highest BCUT2D eigenvalue weighted by Gasteiger charge is 2.68. The summed E-state index contributed by atoms with van der Waals surface area (Å²) in [6.07, 6.45) is 4.35. The first-order chi connectivity index (χ1) is 10.1. The third-order valence-corrected chi connectivity index (χ3v) is 6.15. The predicted octanol–water partition coefficient (Wildman–Crippen LogP) is 1.29. The normalized spacial score (nSPS) is 50.4. The lowest BCUT2D eigenvalue weighted by Crippen LogP contribution is -2.58. The molecule has 0 aliphatic carbocycles. The van der Waals surface area contributed by atoms with Crippen molar-refractivity contribution in [1.29, 1.82) is 0 Å². The number of aliphatic hydroxyl groups is 1. The summed E-state index contributed by atoms with van der Waals surface area (Å²) in [5.74, 6) is -0.756. The molecule has 4 aliphatic rings. The van der Waals surface area contributed by atoms with Crippen LogP contribution in [-0.2, 0) is 14.3 Å². The Morgan fingerprint density at radius 2 is 2.29 bits per heavy atom. The van der Waals surface area contributed by atoms with E-state index in [1.165, 1.54) is 0 Å². The van der Waals surface area contributed by atoms with E-state index in [2.05, 4.69) is 4.90 Å². The van der Waals surface area contributed by atoms with Gasteiger partial charge in [0.05, 0.1) is 24.0 Å². The molecular formula is C16H25NO4. The number of hydrogen-bond donors (Lipinski definition) is 1. The van der Waals surface area contributed by atoms with Gasteiger partial charge in [-0.25, -0.2) is 0 Å². The molecule has 0 aromatic heterocycles. The Morgan fingerprint density at radius 3 is 3.05 bits per heavy atom. The van der Waals surface area contributed by atoms with Crippen molar-refractivity contribution in [2.75, 3.05) is 6.54 Å². The van der Waals surface area contributed by atoms with Crippen LogP contribution >= 0.6 is 0 Å². The molecule has 4 aliphatic heterocycles. The molecule has 0 aromatic carbocycles. The van der Waals surface area contributed by atoms with Gasteiger partial charge in [-0.05, 0) is 32.2 Å². The Bertz CT molecular complexity index is 456. The second kappa shape index (κ2) is 4.67. The second-order valence-corrected chi connectivity index (χ2v) is 7.16. The molecule has 7 atom stereocenters. The van der Waals surface area contributed by atoms with E-state index in [9.17, 15) is 9.90 Å². The molecule has 0 unspecified atom stereocenters. The van der Waals surface area contributed by atoms with E-state index < -0.39 is 5.79 Å². The van der Waals surface area contributed by atoms with Gasteiger partial charge >= 0.3 is 5.97 Å². The smallest absolute Gasteiger partial charge is 0.311 e. The topological polar surface area (TPSA) is 59.0 Å². The zero-order valence-corrected chi connectivity index (χ0v) is 12.8. The summed E-state index contributed by atoms with van der Waals surface area (Å²) < 4.78 is 12.0. The number of carbonyl (C=O) groups excluding carboxylic acids is 1. The average Bonchev–Trinajstić information content (AvgIpc) is 2.83. The fourth-order valence-electron chi connectivity index (χ4n) is 5.23. The highest BCUT2D eigenvalue weighted by molar-refractivity contribution is 5.75. The second-order valence-electron chi connectivity index (χ2n) is 7.16. The van der Waals surface area contributed by atoms with Crippen molar-refractivity contribution in [2.45, 2.75) is 76.0 Å². The summed E-state index contributed by atoms with van der Waals surface area (Å²) in [4.78, 5) is 14.5. The zero-order chi connectivity index (χ0) is 14.8. The van der Waals surface area contributed by atoms with Crippen LogP contribution in [-0.4, -0.2) is 52.6 Å². The van der Waals surface area contributed by atoms with Gasteiger partial charge in [0, 0.05) is 18.5 Å². The van der Waals surface area contributed by atoms with Crippen molar-refractivity contribution in [3.8, 4) is 0 Å². The maximum Gasteiger partial charge on any atom is 0.311 e. The van der Waals surface area contributed by atoms with E-state index >= 15 is 0 Å². The lowest BCUT2D eigenvalue weighted by Gasteiger charge is -2.46. The van der Waals surface area contributed by atoms with Gasteiger partial charge in [-0.2, -0.15) is 0 Å². The van der Waals surface area contributed by atoms with Gasteiger partial charge in [-0.15, -0.1) is 0 Å². The maximum absolute atomic E-state index is 12.1. The highest BCUT2D eigenvalue weighted by Crippen LogP contribution is 2.56. The largest absolute Gasteiger partial charge is 0.432 e. The summed E-state index contributed by atoms with van der Waals surface area (Å²) in [5.41, 5.74) is 0. The van der Waals surface area contributed by atoms with Crippen molar-refractivity contribution >= 4 is 5.97 Å². The van der Waals surface area contributed by atoms with Crippen molar-refractivity contribution in [2.24, 2.45) is 11.8 Å². The van der Waals surface area contributed by atoms with Crippen LogP contribution in [0.15, 0.2) is 0 Å². The lowest BCUT2D eigenvalue weighted by atomic mass is 9.78. The third-order valence-electron chi connectivity index (χ3n) is 6.15. The van der Waals surface area contributed by atoms with Gasteiger partial charge in [-0.1, -0.05) is 13.8 Å². The molecular weight excluding hydrogens is 270 g/mol. The first kappa shape index (κ1) is 14.0. The average molecular weight is 295 g/mol. The summed E-state index contributed by atoms with van der Waals surface area (Å²) in [5, 5.41) is 10.4. The SMILES string of the molecule is CC[C@@H](O)[C@H]1CC[C@H]2O[C@@]34CCCN1[C@@H]2[C@H]3[C@H](C)C(=O)O4. The van der Waals surface area contributed by atoms with Gasteiger partial charge < -0.3 is 14.6 Å². The minimum atomic E-state index is -0.674. The lowest BCUT2D eigenvalue weighted by molar-refractivity contribution is -0.223. The molecule has 0 saturated carbocycles. The van der Waals surface area contributed by atoms with Gasteiger partial charge in [-0.3, -0.25) is 9.69 Å². The summed E-state index contributed by atoms with van der Waals surface area (Å²) >= 11 is 0. The fraction of sp³-hybridized carbons (Fsp3) is 0.938. The molecule has 0 aromatic rings. The molecule has 5 heteroatoms. The molecule has 4 rings (SSSR count). The van der Waals surface area contributed by atoms with E-state index in [1.807, 2.05) is 13.8 Å². The van der Waals surface area contributed by atoms with Gasteiger partial charge in [0.2, 0.25) is 5.79 Å². The molecule has 0 radical (unpaired) electrons. The van der Waals surface area contributed by atoms with E-state index in [4.69, 9.17) is 9.47 Å². The number of piperidine rings is 1. The van der Waals surface area contributed by atoms with E-state index in [0.717, 1.165) is 38.6 Å². The minimum Gasteiger partial charge on any atom is -0.432 e. The molecule has 0 spiro atoms. The monoisotopic (exact) mass is 295 g/mol. The Labute approximate surface area is 125 Å². The molecule has 4 saturated heterocycles. The van der Waals surface area contributed by atoms with Gasteiger partial charge in [0.1, 0.15) is 0 Å². The quantitative estimate of drug-likeness (QED) is 0.778. The van der Waals surface area contributed by atoms with Crippen LogP contribution in [0.25, 0.3) is 0 Å².